The predicted molar refractivity (Wildman–Crippen MR) is 113 cm³/mol. The molecule has 0 bridgehead atoms. The smallest absolute Gasteiger partial charge is 0.162 e. The lowest BCUT2D eigenvalue weighted by Crippen LogP contribution is -2.31. The number of benzene rings is 1. The summed E-state index contributed by atoms with van der Waals surface area (Å²) in [6.07, 6.45) is 15.0. The third kappa shape index (κ3) is 4.03. The van der Waals surface area contributed by atoms with Gasteiger partial charge >= 0.3 is 0 Å². The third-order valence-electron chi connectivity index (χ3n) is 8.45. The highest BCUT2D eigenvalue weighted by atomic mass is 19.2. The first-order chi connectivity index (χ1) is 13.6. The average Bonchev–Trinajstić information content (AvgIpc) is 2.74. The zero-order chi connectivity index (χ0) is 19.7. The van der Waals surface area contributed by atoms with Crippen molar-refractivity contribution in [2.45, 2.75) is 103 Å². The van der Waals surface area contributed by atoms with Gasteiger partial charge in [0.25, 0.3) is 0 Å². The summed E-state index contributed by atoms with van der Waals surface area (Å²) >= 11 is 0. The summed E-state index contributed by atoms with van der Waals surface area (Å²) < 4.78 is 30.2. The molecule has 156 valence electrons. The number of rotatable bonds is 5. The van der Waals surface area contributed by atoms with E-state index in [0.717, 1.165) is 61.8 Å². The second-order valence-corrected chi connectivity index (χ2v) is 10.1. The van der Waals surface area contributed by atoms with Crippen LogP contribution in [0.1, 0.15) is 107 Å². The van der Waals surface area contributed by atoms with Crippen molar-refractivity contribution < 1.29 is 8.78 Å². The molecule has 3 aliphatic rings. The van der Waals surface area contributed by atoms with Crippen molar-refractivity contribution in [3.8, 4) is 0 Å². The van der Waals surface area contributed by atoms with Gasteiger partial charge in [-0.2, -0.15) is 0 Å². The van der Waals surface area contributed by atoms with Crippen LogP contribution in [0.3, 0.4) is 0 Å². The minimum atomic E-state index is -0.513. The molecular formula is C26H38F2. The summed E-state index contributed by atoms with van der Waals surface area (Å²) in [4.78, 5) is 0. The van der Waals surface area contributed by atoms with Crippen LogP contribution in [0.5, 0.6) is 0 Å². The highest BCUT2D eigenvalue weighted by Gasteiger charge is 2.37. The lowest BCUT2D eigenvalue weighted by Gasteiger charge is -2.42. The molecule has 3 aliphatic carbocycles. The largest absolute Gasteiger partial charge is 0.203 e. The summed E-state index contributed by atoms with van der Waals surface area (Å²) in [5.41, 5.74) is 2.52. The van der Waals surface area contributed by atoms with Gasteiger partial charge in [-0.3, -0.25) is 0 Å². The molecule has 2 saturated carbocycles. The lowest BCUT2D eigenvalue weighted by atomic mass is 9.63. The maximum atomic E-state index is 15.1. The van der Waals surface area contributed by atoms with Gasteiger partial charge in [0.2, 0.25) is 0 Å². The van der Waals surface area contributed by atoms with Crippen LogP contribution in [0.15, 0.2) is 6.07 Å². The molecule has 0 saturated heterocycles. The van der Waals surface area contributed by atoms with Gasteiger partial charge in [-0.1, -0.05) is 52.0 Å². The molecule has 0 N–H and O–H groups in total. The molecule has 0 spiro atoms. The van der Waals surface area contributed by atoms with E-state index in [1.807, 2.05) is 0 Å². The van der Waals surface area contributed by atoms with Crippen molar-refractivity contribution in [1.82, 2.24) is 0 Å². The van der Waals surface area contributed by atoms with Crippen molar-refractivity contribution >= 4 is 0 Å². The number of hydrogen-bond acceptors (Lipinski definition) is 0. The second kappa shape index (κ2) is 8.84. The van der Waals surface area contributed by atoms with E-state index in [1.165, 1.54) is 44.9 Å². The van der Waals surface area contributed by atoms with Gasteiger partial charge < -0.3 is 0 Å². The van der Waals surface area contributed by atoms with Gasteiger partial charge in [-0.25, -0.2) is 8.78 Å². The van der Waals surface area contributed by atoms with Gasteiger partial charge in [-0.15, -0.1) is 0 Å². The second-order valence-electron chi connectivity index (χ2n) is 10.1. The fourth-order valence-corrected chi connectivity index (χ4v) is 6.61. The topological polar surface area (TPSA) is 0 Å². The third-order valence-corrected chi connectivity index (χ3v) is 8.45. The van der Waals surface area contributed by atoms with Crippen LogP contribution in [0.25, 0.3) is 0 Å². The molecule has 0 radical (unpaired) electrons. The van der Waals surface area contributed by atoms with Crippen LogP contribution < -0.4 is 0 Å². The van der Waals surface area contributed by atoms with E-state index in [4.69, 9.17) is 0 Å². The molecule has 0 aromatic heterocycles. The van der Waals surface area contributed by atoms with Crippen LogP contribution in [0.4, 0.5) is 8.78 Å². The van der Waals surface area contributed by atoms with Crippen LogP contribution in [-0.2, 0) is 12.8 Å². The van der Waals surface area contributed by atoms with Gasteiger partial charge in [0.1, 0.15) is 0 Å². The minimum Gasteiger partial charge on any atom is -0.203 e. The molecule has 0 nitrogen and oxygen atoms in total. The van der Waals surface area contributed by atoms with E-state index in [0.29, 0.717) is 17.0 Å². The van der Waals surface area contributed by atoms with E-state index >= 15 is 8.78 Å². The highest BCUT2D eigenvalue weighted by Crippen LogP contribution is 2.49. The standard InChI is InChI=1S/C26H38F2/c1-3-5-6-18-8-10-22-16-24(26(28)25(27)23(22)14-18)21-12-11-19-13-17(4-2)7-9-20(19)15-21/h16-21H,3-15H2,1-2H3. The van der Waals surface area contributed by atoms with Crippen LogP contribution in [-0.4, -0.2) is 0 Å². The first-order valence-corrected chi connectivity index (χ1v) is 12.1. The summed E-state index contributed by atoms with van der Waals surface area (Å²) in [5, 5.41) is 0. The Bertz CT molecular complexity index is 680. The number of unbranched alkanes of at least 4 members (excludes halogenated alkanes) is 1. The normalized spacial score (nSPS) is 32.6. The fourth-order valence-electron chi connectivity index (χ4n) is 6.61. The number of aryl methyl sites for hydroxylation is 1. The molecule has 28 heavy (non-hydrogen) atoms. The Kier molecular flexibility index (Phi) is 6.43. The monoisotopic (exact) mass is 388 g/mol. The number of fused-ring (bicyclic) bond motifs is 2. The van der Waals surface area contributed by atoms with E-state index < -0.39 is 11.6 Å². The molecule has 0 heterocycles. The van der Waals surface area contributed by atoms with Crippen LogP contribution in [0.2, 0.25) is 0 Å². The van der Waals surface area contributed by atoms with E-state index in [1.54, 1.807) is 0 Å². The zero-order valence-corrected chi connectivity index (χ0v) is 17.9. The maximum Gasteiger partial charge on any atom is 0.162 e. The van der Waals surface area contributed by atoms with Crippen molar-refractivity contribution in [3.05, 3.63) is 34.4 Å². The van der Waals surface area contributed by atoms with E-state index in [9.17, 15) is 0 Å². The summed E-state index contributed by atoms with van der Waals surface area (Å²) in [5.74, 6) is 2.22. The van der Waals surface area contributed by atoms with Crippen molar-refractivity contribution in [3.63, 3.8) is 0 Å². The average molecular weight is 389 g/mol. The Labute approximate surface area is 170 Å². The molecule has 5 unspecified atom stereocenters. The molecule has 2 fully saturated rings. The first-order valence-electron chi connectivity index (χ1n) is 12.1. The Morgan fingerprint density at radius 2 is 1.68 bits per heavy atom. The minimum absolute atomic E-state index is 0.233. The first kappa shape index (κ1) is 20.4. The number of halogens is 2. The quantitative estimate of drug-likeness (QED) is 0.480. The molecular weight excluding hydrogens is 350 g/mol. The molecule has 0 aliphatic heterocycles. The molecule has 2 heteroatoms. The van der Waals surface area contributed by atoms with E-state index in [2.05, 4.69) is 19.9 Å². The van der Waals surface area contributed by atoms with Gasteiger partial charge in [0, 0.05) is 0 Å². The van der Waals surface area contributed by atoms with Gasteiger partial charge in [-0.05, 0) is 97.6 Å². The Morgan fingerprint density at radius 3 is 2.46 bits per heavy atom. The summed E-state index contributed by atoms with van der Waals surface area (Å²) in [6.45, 7) is 4.52. The van der Waals surface area contributed by atoms with Gasteiger partial charge in [0.05, 0.1) is 0 Å². The Balaban J connectivity index is 1.50. The molecule has 0 amide bonds. The molecule has 4 rings (SSSR count). The number of hydrogen-bond donors (Lipinski definition) is 0. The van der Waals surface area contributed by atoms with Gasteiger partial charge in [0.15, 0.2) is 11.6 Å². The molecule has 1 aromatic rings. The van der Waals surface area contributed by atoms with Crippen molar-refractivity contribution in [2.75, 3.05) is 0 Å². The predicted octanol–water partition coefficient (Wildman–Crippen LogP) is 7.97. The zero-order valence-electron chi connectivity index (χ0n) is 17.9. The maximum absolute atomic E-state index is 15.1. The van der Waals surface area contributed by atoms with Crippen LogP contribution in [0, 0.1) is 35.3 Å². The molecule has 1 aromatic carbocycles. The lowest BCUT2D eigenvalue weighted by molar-refractivity contribution is 0.115. The van der Waals surface area contributed by atoms with Crippen LogP contribution >= 0.6 is 0 Å². The Morgan fingerprint density at radius 1 is 0.893 bits per heavy atom. The summed E-state index contributed by atoms with van der Waals surface area (Å²) in [6, 6.07) is 2.08. The highest BCUT2D eigenvalue weighted by molar-refractivity contribution is 5.38. The fraction of sp³-hybridized carbons (Fsp3) is 0.769. The van der Waals surface area contributed by atoms with Crippen molar-refractivity contribution in [1.29, 1.82) is 0 Å². The van der Waals surface area contributed by atoms with Crippen molar-refractivity contribution in [2.24, 2.45) is 23.7 Å². The molecule has 5 atom stereocenters. The van der Waals surface area contributed by atoms with E-state index in [-0.39, 0.29) is 5.92 Å². The summed E-state index contributed by atoms with van der Waals surface area (Å²) in [7, 11) is 0. The Hall–Kier alpha value is -0.920. The SMILES string of the molecule is CCCCC1CCc2cc(C3CCC4CC(CC)CCC4C3)c(F)c(F)c2C1.